The van der Waals surface area contributed by atoms with Crippen LogP contribution in [0, 0.1) is 0 Å². The Kier molecular flexibility index (Phi) is 5.24. The third-order valence-electron chi connectivity index (χ3n) is 5.22. The van der Waals surface area contributed by atoms with Crippen LogP contribution >= 0.6 is 0 Å². The van der Waals surface area contributed by atoms with E-state index in [0.29, 0.717) is 24.8 Å². The third kappa shape index (κ3) is 4.14. The summed E-state index contributed by atoms with van der Waals surface area (Å²) < 4.78 is 0. The molecule has 5 heteroatoms. The molecular formula is C22H28N2O3. The highest BCUT2D eigenvalue weighted by Gasteiger charge is 2.50. The molecule has 0 N–H and O–H groups in total. The van der Waals surface area contributed by atoms with Crippen molar-refractivity contribution in [1.82, 2.24) is 9.96 Å². The Hall–Kier alpha value is -2.40. The average Bonchev–Trinajstić information content (AvgIpc) is 2.82. The lowest BCUT2D eigenvalue weighted by molar-refractivity contribution is -0.248. The van der Waals surface area contributed by atoms with Crippen molar-refractivity contribution in [3.63, 3.8) is 0 Å². The summed E-state index contributed by atoms with van der Waals surface area (Å²) in [6, 6.07) is 9.09. The van der Waals surface area contributed by atoms with Gasteiger partial charge in [-0.1, -0.05) is 30.4 Å². The molecule has 0 spiro atoms. The first-order valence-electron chi connectivity index (χ1n) is 9.43. The molecule has 27 heavy (non-hydrogen) atoms. The molecule has 1 aromatic carbocycles. The summed E-state index contributed by atoms with van der Waals surface area (Å²) in [5, 5.41) is 1.82. The normalized spacial score (nSPS) is 22.5. The van der Waals surface area contributed by atoms with Crippen molar-refractivity contribution in [2.24, 2.45) is 0 Å². The van der Waals surface area contributed by atoms with Gasteiger partial charge in [-0.2, -0.15) is 0 Å². The number of hydrogen-bond donors (Lipinski definition) is 0. The average molecular weight is 368 g/mol. The van der Waals surface area contributed by atoms with Crippen LogP contribution in [0.4, 0.5) is 0 Å². The maximum absolute atomic E-state index is 12.6. The summed E-state index contributed by atoms with van der Waals surface area (Å²) in [7, 11) is 0. The zero-order valence-corrected chi connectivity index (χ0v) is 16.5. The molecular weight excluding hydrogens is 340 g/mol. The number of hydroxylamine groups is 2. The first-order valence-corrected chi connectivity index (χ1v) is 9.43. The zero-order valence-electron chi connectivity index (χ0n) is 16.5. The van der Waals surface area contributed by atoms with Crippen molar-refractivity contribution in [3.8, 4) is 0 Å². The largest absolute Gasteiger partial charge is 0.363 e. The molecule has 0 aliphatic carbocycles. The van der Waals surface area contributed by atoms with E-state index in [1.165, 1.54) is 0 Å². The molecule has 0 aromatic heterocycles. The number of carbonyl (C=O) groups is 2. The zero-order chi connectivity index (χ0) is 19.7. The van der Waals surface area contributed by atoms with E-state index in [1.807, 2.05) is 52.6 Å². The summed E-state index contributed by atoms with van der Waals surface area (Å²) >= 11 is 0. The van der Waals surface area contributed by atoms with Gasteiger partial charge in [0.25, 0.3) is 0 Å². The predicted octanol–water partition coefficient (Wildman–Crippen LogP) is 4.08. The minimum atomic E-state index is -0.412. The van der Waals surface area contributed by atoms with Gasteiger partial charge in [-0.25, -0.2) is 4.79 Å². The van der Waals surface area contributed by atoms with Crippen LogP contribution in [0.15, 0.2) is 54.8 Å². The molecule has 0 unspecified atom stereocenters. The second-order valence-corrected chi connectivity index (χ2v) is 8.50. The quantitative estimate of drug-likeness (QED) is 0.807. The molecule has 0 radical (unpaired) electrons. The van der Waals surface area contributed by atoms with Crippen LogP contribution in [0.5, 0.6) is 0 Å². The van der Waals surface area contributed by atoms with Gasteiger partial charge in [0, 0.05) is 18.7 Å². The number of allylic oxidation sites excluding steroid dienone is 2. The van der Waals surface area contributed by atoms with Crippen LogP contribution in [0.1, 0.15) is 57.3 Å². The molecule has 5 nitrogen and oxygen atoms in total. The second kappa shape index (κ2) is 7.31. The van der Waals surface area contributed by atoms with Crippen LogP contribution in [-0.4, -0.2) is 39.0 Å². The Balaban J connectivity index is 1.80. The minimum Gasteiger partial charge on any atom is -0.363 e. The number of benzene rings is 1. The van der Waals surface area contributed by atoms with Gasteiger partial charge in [0.2, 0.25) is 5.91 Å². The predicted molar refractivity (Wildman–Crippen MR) is 105 cm³/mol. The highest BCUT2D eigenvalue weighted by Crippen LogP contribution is 2.41. The molecule has 0 atom stereocenters. The fraction of sp³-hybridized carbons (Fsp3) is 0.455. The maximum Gasteiger partial charge on any atom is 0.357 e. The van der Waals surface area contributed by atoms with Gasteiger partial charge in [-0.15, -0.1) is 5.06 Å². The summed E-state index contributed by atoms with van der Waals surface area (Å²) in [4.78, 5) is 32.8. The molecule has 1 fully saturated rings. The smallest absolute Gasteiger partial charge is 0.357 e. The first-order chi connectivity index (χ1) is 12.7. The number of nitrogens with zero attached hydrogens (tertiary/aromatic N) is 2. The Bertz CT molecular complexity index is 747. The van der Waals surface area contributed by atoms with Gasteiger partial charge in [-0.05, 0) is 58.7 Å². The van der Waals surface area contributed by atoms with E-state index >= 15 is 0 Å². The van der Waals surface area contributed by atoms with Crippen molar-refractivity contribution >= 4 is 11.9 Å². The van der Waals surface area contributed by atoms with Gasteiger partial charge >= 0.3 is 5.97 Å². The number of piperidine rings is 1. The van der Waals surface area contributed by atoms with Crippen LogP contribution < -0.4 is 0 Å². The lowest BCUT2D eigenvalue weighted by Gasteiger charge is -2.54. The lowest BCUT2D eigenvalue weighted by Crippen LogP contribution is -2.64. The first kappa shape index (κ1) is 19.4. The van der Waals surface area contributed by atoms with E-state index in [4.69, 9.17) is 4.84 Å². The minimum absolute atomic E-state index is 0.0605. The Morgan fingerprint density at radius 1 is 1.04 bits per heavy atom. The van der Waals surface area contributed by atoms with Crippen molar-refractivity contribution in [3.05, 3.63) is 60.3 Å². The van der Waals surface area contributed by atoms with Crippen LogP contribution in [-0.2, 0) is 9.63 Å². The number of carbonyl (C=O) groups excluding carboxylic acids is 2. The van der Waals surface area contributed by atoms with Crippen molar-refractivity contribution in [2.45, 2.75) is 64.1 Å². The summed E-state index contributed by atoms with van der Waals surface area (Å²) in [5.41, 5.74) is -0.294. The van der Waals surface area contributed by atoms with E-state index in [2.05, 4.69) is 27.7 Å². The molecule has 2 aliphatic heterocycles. The van der Waals surface area contributed by atoms with E-state index in [-0.39, 0.29) is 17.9 Å². The Morgan fingerprint density at radius 3 is 2.30 bits per heavy atom. The fourth-order valence-corrected chi connectivity index (χ4v) is 4.27. The van der Waals surface area contributed by atoms with E-state index in [0.717, 1.165) is 0 Å². The van der Waals surface area contributed by atoms with Crippen LogP contribution in [0.3, 0.4) is 0 Å². The molecule has 0 saturated carbocycles. The number of rotatable bonds is 3. The molecule has 1 aromatic rings. The highest BCUT2D eigenvalue weighted by molar-refractivity contribution is 5.89. The molecule has 2 aliphatic rings. The highest BCUT2D eigenvalue weighted by atomic mass is 16.7. The second-order valence-electron chi connectivity index (χ2n) is 8.50. The molecule has 1 amide bonds. The van der Waals surface area contributed by atoms with Gasteiger partial charge in [0.15, 0.2) is 0 Å². The van der Waals surface area contributed by atoms with Crippen molar-refractivity contribution < 1.29 is 14.4 Å². The topological polar surface area (TPSA) is 49.9 Å². The Labute approximate surface area is 161 Å². The van der Waals surface area contributed by atoms with Crippen LogP contribution in [0.2, 0.25) is 0 Å². The molecule has 144 valence electrons. The molecule has 3 rings (SSSR count). The molecule has 0 bridgehead atoms. The Morgan fingerprint density at radius 2 is 1.67 bits per heavy atom. The van der Waals surface area contributed by atoms with E-state index in [1.54, 1.807) is 12.1 Å². The van der Waals surface area contributed by atoms with Crippen molar-refractivity contribution in [2.75, 3.05) is 0 Å². The lowest BCUT2D eigenvalue weighted by atomic mass is 9.78. The summed E-state index contributed by atoms with van der Waals surface area (Å²) in [6.07, 6.45) is 9.41. The van der Waals surface area contributed by atoms with Crippen LogP contribution in [0.25, 0.3) is 0 Å². The molecule has 1 saturated heterocycles. The SMILES string of the molecule is CC1(C)CC(N2C=CC=CCC2=O)CC(C)(C)N1OC(=O)c1ccccc1. The summed E-state index contributed by atoms with van der Waals surface area (Å²) in [5.74, 6) is -0.253. The van der Waals surface area contributed by atoms with Gasteiger partial charge in [0.05, 0.1) is 16.6 Å². The van der Waals surface area contributed by atoms with Gasteiger partial charge in [-0.3, -0.25) is 4.79 Å². The number of amides is 1. The fourth-order valence-electron chi connectivity index (χ4n) is 4.27. The maximum atomic E-state index is 12.6. The van der Waals surface area contributed by atoms with E-state index in [9.17, 15) is 9.59 Å². The third-order valence-corrected chi connectivity index (χ3v) is 5.22. The van der Waals surface area contributed by atoms with Crippen molar-refractivity contribution in [1.29, 1.82) is 0 Å². The van der Waals surface area contributed by atoms with Gasteiger partial charge < -0.3 is 9.74 Å². The standard InChI is InChI=1S/C22H28N2O3/c1-21(2)15-18(23-14-10-6-9-13-19(23)25)16-22(3,4)24(21)27-20(26)17-11-7-5-8-12-17/h5-12,14,18H,13,15-16H2,1-4H3. The monoisotopic (exact) mass is 368 g/mol. The summed E-state index contributed by atoms with van der Waals surface area (Å²) in [6.45, 7) is 8.24. The molecule has 2 heterocycles. The van der Waals surface area contributed by atoms with Gasteiger partial charge in [0.1, 0.15) is 0 Å². The number of hydrogen-bond acceptors (Lipinski definition) is 4. The van der Waals surface area contributed by atoms with E-state index < -0.39 is 11.1 Å².